The van der Waals surface area contributed by atoms with Gasteiger partial charge in [-0.1, -0.05) is 30.3 Å². The summed E-state index contributed by atoms with van der Waals surface area (Å²) in [5, 5.41) is 1.48. The molecular formula is C23H16F3N3O3. The van der Waals surface area contributed by atoms with E-state index in [1.165, 1.54) is 17.2 Å². The standard InChI is InChI=1S/C23H16F3N3O3/c24-23(25,26)14-7-6-10-16(13-14)28-21(30)18-19(17-11-4-5-12-27-17)29(32-20(18)22(28)31)15-8-2-1-3-9-15/h1-13,18-20H/t18-,19-,20+/m1/s1. The number of imide groups is 1. The lowest BCUT2D eigenvalue weighted by atomic mass is 9.93. The first-order valence-electron chi connectivity index (χ1n) is 9.83. The molecule has 0 spiro atoms. The molecule has 5 rings (SSSR count). The number of rotatable bonds is 3. The van der Waals surface area contributed by atoms with Crippen molar-refractivity contribution in [2.24, 2.45) is 5.92 Å². The van der Waals surface area contributed by atoms with Crippen LogP contribution in [0.25, 0.3) is 0 Å². The van der Waals surface area contributed by atoms with Crippen LogP contribution in [0, 0.1) is 5.92 Å². The number of amides is 2. The van der Waals surface area contributed by atoms with Gasteiger partial charge in [0.15, 0.2) is 6.10 Å². The fourth-order valence-corrected chi connectivity index (χ4v) is 4.14. The Balaban J connectivity index is 1.56. The molecule has 3 aromatic rings. The van der Waals surface area contributed by atoms with Crippen molar-refractivity contribution >= 4 is 23.2 Å². The van der Waals surface area contributed by atoms with Crippen LogP contribution in [-0.4, -0.2) is 22.9 Å². The molecule has 3 heterocycles. The number of anilines is 2. The van der Waals surface area contributed by atoms with Crippen molar-refractivity contribution < 1.29 is 27.6 Å². The number of carbonyl (C=O) groups is 2. The van der Waals surface area contributed by atoms with Crippen molar-refractivity contribution in [3.8, 4) is 0 Å². The maximum atomic E-state index is 13.4. The second kappa shape index (κ2) is 7.45. The number of halogens is 3. The van der Waals surface area contributed by atoms with Gasteiger partial charge in [-0.05, 0) is 42.5 Å². The molecule has 0 radical (unpaired) electrons. The number of aromatic nitrogens is 1. The van der Waals surface area contributed by atoms with Crippen LogP contribution in [0.4, 0.5) is 24.5 Å². The van der Waals surface area contributed by atoms with Gasteiger partial charge in [-0.3, -0.25) is 19.4 Å². The first-order chi connectivity index (χ1) is 15.4. The van der Waals surface area contributed by atoms with Crippen molar-refractivity contribution in [3.05, 3.63) is 90.3 Å². The molecule has 3 atom stereocenters. The minimum Gasteiger partial charge on any atom is -0.273 e. The molecule has 0 N–H and O–H groups in total. The number of nitrogens with zero attached hydrogens (tertiary/aromatic N) is 3. The topological polar surface area (TPSA) is 62.7 Å². The molecule has 0 saturated carbocycles. The molecule has 0 bridgehead atoms. The number of benzene rings is 2. The lowest BCUT2D eigenvalue weighted by molar-refractivity contribution is -0.137. The highest BCUT2D eigenvalue weighted by atomic mass is 19.4. The van der Waals surface area contributed by atoms with Crippen molar-refractivity contribution in [1.82, 2.24) is 4.98 Å². The van der Waals surface area contributed by atoms with E-state index in [0.29, 0.717) is 11.4 Å². The van der Waals surface area contributed by atoms with Crippen LogP contribution in [0.15, 0.2) is 79.0 Å². The van der Waals surface area contributed by atoms with E-state index >= 15 is 0 Å². The zero-order chi connectivity index (χ0) is 22.5. The van der Waals surface area contributed by atoms with Crippen LogP contribution in [0.3, 0.4) is 0 Å². The summed E-state index contributed by atoms with van der Waals surface area (Å²) in [6.07, 6.45) is -4.21. The molecule has 162 valence electrons. The Morgan fingerprint density at radius 2 is 1.56 bits per heavy atom. The second-order valence-electron chi connectivity index (χ2n) is 7.47. The third-order valence-electron chi connectivity index (χ3n) is 5.55. The van der Waals surface area contributed by atoms with Crippen LogP contribution in [0.2, 0.25) is 0 Å². The van der Waals surface area contributed by atoms with Crippen LogP contribution in [-0.2, 0) is 20.6 Å². The minimum atomic E-state index is -4.60. The van der Waals surface area contributed by atoms with E-state index in [1.54, 1.807) is 48.7 Å². The lowest BCUT2D eigenvalue weighted by Gasteiger charge is -2.28. The molecule has 2 aliphatic rings. The van der Waals surface area contributed by atoms with E-state index in [-0.39, 0.29) is 5.69 Å². The van der Waals surface area contributed by atoms with E-state index in [0.717, 1.165) is 17.0 Å². The SMILES string of the molecule is O=C1[C@H]2[C@H](ON(c3ccccc3)[C@@H]2c2ccccn2)C(=O)N1c1cccc(C(F)(F)F)c1. The van der Waals surface area contributed by atoms with Crippen molar-refractivity contribution in [1.29, 1.82) is 0 Å². The molecule has 2 saturated heterocycles. The second-order valence-corrected chi connectivity index (χ2v) is 7.47. The number of fused-ring (bicyclic) bond motifs is 1. The predicted octanol–water partition coefficient (Wildman–Crippen LogP) is 4.15. The van der Waals surface area contributed by atoms with Crippen LogP contribution in [0.1, 0.15) is 17.3 Å². The summed E-state index contributed by atoms with van der Waals surface area (Å²) in [6, 6.07) is 17.6. The maximum absolute atomic E-state index is 13.4. The summed E-state index contributed by atoms with van der Waals surface area (Å²) >= 11 is 0. The average molecular weight is 439 g/mol. The summed E-state index contributed by atoms with van der Waals surface area (Å²) in [5.41, 5.74) is 0.0549. The molecule has 2 fully saturated rings. The molecule has 0 aliphatic carbocycles. The zero-order valence-corrected chi connectivity index (χ0v) is 16.4. The van der Waals surface area contributed by atoms with E-state index in [2.05, 4.69) is 4.98 Å². The largest absolute Gasteiger partial charge is 0.416 e. The number of alkyl halides is 3. The highest BCUT2D eigenvalue weighted by molar-refractivity contribution is 6.23. The highest BCUT2D eigenvalue weighted by Crippen LogP contribution is 2.47. The number of hydrogen-bond donors (Lipinski definition) is 0. The molecule has 6 nitrogen and oxygen atoms in total. The maximum Gasteiger partial charge on any atom is 0.416 e. The molecule has 2 aromatic carbocycles. The Hall–Kier alpha value is -3.72. The Bertz CT molecular complexity index is 1170. The lowest BCUT2D eigenvalue weighted by Crippen LogP contribution is -2.37. The smallest absolute Gasteiger partial charge is 0.273 e. The third kappa shape index (κ3) is 3.21. The fourth-order valence-electron chi connectivity index (χ4n) is 4.14. The van der Waals surface area contributed by atoms with Crippen molar-refractivity contribution in [2.75, 3.05) is 9.96 Å². The number of para-hydroxylation sites is 1. The number of pyridine rings is 1. The Morgan fingerprint density at radius 1 is 0.844 bits per heavy atom. The fraction of sp³-hybridized carbons (Fsp3) is 0.174. The van der Waals surface area contributed by atoms with E-state index < -0.39 is 41.6 Å². The summed E-state index contributed by atoms with van der Waals surface area (Å²) in [7, 11) is 0. The van der Waals surface area contributed by atoms with Gasteiger partial charge < -0.3 is 0 Å². The summed E-state index contributed by atoms with van der Waals surface area (Å²) in [6.45, 7) is 0. The summed E-state index contributed by atoms with van der Waals surface area (Å²) in [5.74, 6) is -2.31. The average Bonchev–Trinajstić information content (AvgIpc) is 3.30. The molecule has 2 aliphatic heterocycles. The third-order valence-corrected chi connectivity index (χ3v) is 5.55. The van der Waals surface area contributed by atoms with Gasteiger partial charge in [0.1, 0.15) is 12.0 Å². The zero-order valence-electron chi connectivity index (χ0n) is 16.4. The molecule has 32 heavy (non-hydrogen) atoms. The van der Waals surface area contributed by atoms with Gasteiger partial charge in [-0.2, -0.15) is 13.2 Å². The van der Waals surface area contributed by atoms with Gasteiger partial charge in [-0.15, -0.1) is 0 Å². The molecule has 9 heteroatoms. The number of hydrogen-bond acceptors (Lipinski definition) is 5. The van der Waals surface area contributed by atoms with Crippen LogP contribution >= 0.6 is 0 Å². The minimum absolute atomic E-state index is 0.140. The molecular weight excluding hydrogens is 423 g/mol. The van der Waals surface area contributed by atoms with Gasteiger partial charge in [0.05, 0.1) is 22.6 Å². The van der Waals surface area contributed by atoms with Gasteiger partial charge in [0, 0.05) is 6.20 Å². The Labute approximate surface area is 180 Å². The molecule has 1 aromatic heterocycles. The van der Waals surface area contributed by atoms with Gasteiger partial charge in [0.25, 0.3) is 5.91 Å². The summed E-state index contributed by atoms with van der Waals surface area (Å²) in [4.78, 5) is 37.6. The molecule has 0 unspecified atom stereocenters. The predicted molar refractivity (Wildman–Crippen MR) is 108 cm³/mol. The normalized spacial score (nSPS) is 23.0. The Kier molecular flexibility index (Phi) is 4.70. The van der Waals surface area contributed by atoms with Crippen molar-refractivity contribution in [2.45, 2.75) is 18.3 Å². The van der Waals surface area contributed by atoms with Gasteiger partial charge in [-0.25, -0.2) is 9.96 Å². The van der Waals surface area contributed by atoms with Crippen LogP contribution in [0.5, 0.6) is 0 Å². The highest BCUT2D eigenvalue weighted by Gasteiger charge is 2.60. The van der Waals surface area contributed by atoms with Crippen LogP contribution < -0.4 is 9.96 Å². The number of carbonyl (C=O) groups excluding carboxylic acids is 2. The van der Waals surface area contributed by atoms with E-state index in [9.17, 15) is 22.8 Å². The first kappa shape index (κ1) is 20.2. The van der Waals surface area contributed by atoms with Gasteiger partial charge in [0.2, 0.25) is 5.91 Å². The summed E-state index contributed by atoms with van der Waals surface area (Å²) < 4.78 is 39.5. The van der Waals surface area contributed by atoms with Gasteiger partial charge >= 0.3 is 6.18 Å². The van der Waals surface area contributed by atoms with E-state index in [1.807, 2.05) is 6.07 Å². The molecule has 2 amide bonds. The quantitative estimate of drug-likeness (QED) is 0.574. The van der Waals surface area contributed by atoms with Crippen molar-refractivity contribution in [3.63, 3.8) is 0 Å². The Morgan fingerprint density at radius 3 is 2.25 bits per heavy atom. The monoisotopic (exact) mass is 439 g/mol. The van der Waals surface area contributed by atoms with E-state index in [4.69, 9.17) is 4.84 Å². The first-order valence-corrected chi connectivity index (χ1v) is 9.83. The number of hydroxylamine groups is 1.